The molecular weight excluding hydrogens is 351 g/mol. The van der Waals surface area contributed by atoms with Crippen LogP contribution < -0.4 is 0 Å². The second-order valence-corrected chi connectivity index (χ2v) is 6.44. The lowest BCUT2D eigenvalue weighted by Crippen LogP contribution is -2.25. The van der Waals surface area contributed by atoms with Crippen molar-refractivity contribution in [2.75, 3.05) is 12.3 Å². The van der Waals surface area contributed by atoms with Gasteiger partial charge in [0.05, 0.1) is 11.1 Å². The van der Waals surface area contributed by atoms with Gasteiger partial charge in [0.1, 0.15) is 0 Å². The van der Waals surface area contributed by atoms with Crippen LogP contribution in [0.15, 0.2) is 53.8 Å². The predicted octanol–water partition coefficient (Wildman–Crippen LogP) is 3.85. The van der Waals surface area contributed by atoms with Gasteiger partial charge in [-0.2, -0.15) is 18.2 Å². The Hall–Kier alpha value is -2.35. The Morgan fingerprint density at radius 1 is 1.24 bits per heavy atom. The molecule has 25 heavy (non-hydrogen) atoms. The number of amidine groups is 1. The fourth-order valence-corrected chi connectivity index (χ4v) is 3.43. The lowest BCUT2D eigenvalue weighted by atomic mass is 10.1. The zero-order valence-electron chi connectivity index (χ0n) is 13.0. The minimum Gasteiger partial charge on any atom is -0.346 e. The van der Waals surface area contributed by atoms with Gasteiger partial charge in [0, 0.05) is 31.2 Å². The lowest BCUT2D eigenvalue weighted by molar-refractivity contribution is -0.138. The van der Waals surface area contributed by atoms with Gasteiger partial charge in [0.25, 0.3) is 5.91 Å². The van der Waals surface area contributed by atoms with Crippen LogP contribution in [0.2, 0.25) is 0 Å². The fourth-order valence-electron chi connectivity index (χ4n) is 2.45. The minimum atomic E-state index is -4.62. The highest BCUT2D eigenvalue weighted by Gasteiger charge is 2.35. The molecule has 2 heterocycles. The van der Waals surface area contributed by atoms with Gasteiger partial charge in [0.15, 0.2) is 5.17 Å². The second kappa shape index (κ2) is 7.26. The van der Waals surface area contributed by atoms with Crippen molar-refractivity contribution in [1.29, 1.82) is 0 Å². The Balaban J connectivity index is 1.83. The molecule has 0 saturated carbocycles. The summed E-state index contributed by atoms with van der Waals surface area (Å²) in [5, 5.41) is 0.436. The quantitative estimate of drug-likeness (QED) is 0.829. The summed E-state index contributed by atoms with van der Waals surface area (Å²) in [7, 11) is 0. The summed E-state index contributed by atoms with van der Waals surface area (Å²) in [5.74, 6) is -0.194. The number of hydrogen-bond donors (Lipinski definition) is 0. The summed E-state index contributed by atoms with van der Waals surface area (Å²) in [6, 6.07) is 10.4. The standard InChI is InChI=1S/C17H14F3N3OS/c18-17(19,20)14-6-7-21-10-13(14)15(24)22-16-23(8-9-25-16)11-12-4-2-1-3-5-12/h1-7,10H,8-9,11H2. The molecule has 4 nitrogen and oxygen atoms in total. The molecule has 1 aliphatic rings. The van der Waals surface area contributed by atoms with E-state index in [1.54, 1.807) is 0 Å². The molecule has 0 atom stereocenters. The third-order valence-corrected chi connectivity index (χ3v) is 4.63. The van der Waals surface area contributed by atoms with Gasteiger partial charge in [-0.1, -0.05) is 42.1 Å². The first kappa shape index (κ1) is 17.5. The number of carbonyl (C=O) groups excluding carboxylic acids is 1. The number of alkyl halides is 3. The summed E-state index contributed by atoms with van der Waals surface area (Å²) in [5.41, 5.74) is -0.508. The number of hydrogen-bond acceptors (Lipinski definition) is 3. The average Bonchev–Trinajstić information content (AvgIpc) is 3.02. The van der Waals surface area contributed by atoms with E-state index in [0.717, 1.165) is 29.8 Å². The van der Waals surface area contributed by atoms with Crippen LogP contribution in [0.1, 0.15) is 21.5 Å². The second-order valence-electron chi connectivity index (χ2n) is 5.37. The molecule has 8 heteroatoms. The smallest absolute Gasteiger partial charge is 0.346 e. The van der Waals surface area contributed by atoms with E-state index in [2.05, 4.69) is 9.98 Å². The maximum atomic E-state index is 13.0. The van der Waals surface area contributed by atoms with E-state index in [4.69, 9.17) is 0 Å². The summed E-state index contributed by atoms with van der Waals surface area (Å²) < 4.78 is 39.1. The van der Waals surface area contributed by atoms with Crippen LogP contribution >= 0.6 is 11.8 Å². The summed E-state index contributed by atoms with van der Waals surface area (Å²) in [6.07, 6.45) is -2.70. The number of aliphatic imine (C=N–C) groups is 1. The highest BCUT2D eigenvalue weighted by molar-refractivity contribution is 8.14. The van der Waals surface area contributed by atoms with Crippen molar-refractivity contribution >= 4 is 22.8 Å². The maximum Gasteiger partial charge on any atom is 0.417 e. The molecule has 130 valence electrons. The first-order valence-corrected chi connectivity index (χ1v) is 8.49. The number of rotatable bonds is 3. The van der Waals surface area contributed by atoms with Gasteiger partial charge in [-0.15, -0.1) is 0 Å². The van der Waals surface area contributed by atoms with Crippen molar-refractivity contribution in [3.63, 3.8) is 0 Å². The van der Waals surface area contributed by atoms with Crippen LogP contribution in [0.25, 0.3) is 0 Å². The van der Waals surface area contributed by atoms with E-state index < -0.39 is 23.2 Å². The van der Waals surface area contributed by atoms with E-state index >= 15 is 0 Å². The van der Waals surface area contributed by atoms with E-state index in [-0.39, 0.29) is 0 Å². The molecule has 1 amide bonds. The van der Waals surface area contributed by atoms with Crippen molar-refractivity contribution < 1.29 is 18.0 Å². The molecule has 0 bridgehead atoms. The molecule has 1 aliphatic heterocycles. The number of benzene rings is 1. The fraction of sp³-hybridized carbons (Fsp3) is 0.235. The SMILES string of the molecule is O=C(N=C1SCCN1Cc1ccccc1)c1cnccc1C(F)(F)F. The molecule has 0 unspecified atom stereocenters. The Bertz CT molecular complexity index is 793. The van der Waals surface area contributed by atoms with Crippen LogP contribution in [-0.4, -0.2) is 33.3 Å². The Morgan fingerprint density at radius 3 is 2.72 bits per heavy atom. The van der Waals surface area contributed by atoms with Gasteiger partial charge in [-0.05, 0) is 11.6 Å². The van der Waals surface area contributed by atoms with Crippen LogP contribution in [0.4, 0.5) is 13.2 Å². The van der Waals surface area contributed by atoms with Gasteiger partial charge in [0.2, 0.25) is 0 Å². The van der Waals surface area contributed by atoms with Gasteiger partial charge in [-0.25, -0.2) is 0 Å². The molecule has 0 radical (unpaired) electrons. The number of nitrogens with zero attached hydrogens (tertiary/aromatic N) is 3. The lowest BCUT2D eigenvalue weighted by Gasteiger charge is -2.17. The molecule has 0 spiro atoms. The van der Waals surface area contributed by atoms with Gasteiger partial charge < -0.3 is 4.90 Å². The maximum absolute atomic E-state index is 13.0. The average molecular weight is 365 g/mol. The summed E-state index contributed by atoms with van der Waals surface area (Å²) in [6.45, 7) is 1.24. The highest BCUT2D eigenvalue weighted by Crippen LogP contribution is 2.32. The van der Waals surface area contributed by atoms with Crippen molar-refractivity contribution in [2.24, 2.45) is 4.99 Å². The molecule has 1 aromatic heterocycles. The first-order valence-electron chi connectivity index (χ1n) is 7.51. The molecule has 1 saturated heterocycles. The normalized spacial score (nSPS) is 16.4. The van der Waals surface area contributed by atoms with Crippen LogP contribution in [-0.2, 0) is 12.7 Å². The molecule has 1 fully saturated rings. The molecular formula is C17H14F3N3OS. The number of amides is 1. The van der Waals surface area contributed by atoms with E-state index in [1.165, 1.54) is 11.8 Å². The molecule has 2 aromatic rings. The summed E-state index contributed by atoms with van der Waals surface area (Å²) in [4.78, 5) is 21.7. The Labute approximate surface area is 146 Å². The monoisotopic (exact) mass is 365 g/mol. The zero-order valence-corrected chi connectivity index (χ0v) is 13.8. The van der Waals surface area contributed by atoms with Crippen molar-refractivity contribution in [3.8, 4) is 0 Å². The molecule has 0 aliphatic carbocycles. The van der Waals surface area contributed by atoms with Crippen molar-refractivity contribution in [1.82, 2.24) is 9.88 Å². The highest BCUT2D eigenvalue weighted by atomic mass is 32.2. The third kappa shape index (κ3) is 4.19. The number of thioether (sulfide) groups is 1. The van der Waals surface area contributed by atoms with Crippen molar-refractivity contribution in [3.05, 3.63) is 65.5 Å². The third-order valence-electron chi connectivity index (χ3n) is 3.63. The molecule has 0 N–H and O–H groups in total. The van der Waals surface area contributed by atoms with Crippen LogP contribution in [0.5, 0.6) is 0 Å². The minimum absolute atomic E-state index is 0.436. The number of halogens is 3. The summed E-state index contributed by atoms with van der Waals surface area (Å²) >= 11 is 1.36. The van der Waals surface area contributed by atoms with Gasteiger partial charge in [-0.3, -0.25) is 9.78 Å². The Kier molecular flexibility index (Phi) is 5.08. The zero-order chi connectivity index (χ0) is 17.9. The van der Waals surface area contributed by atoms with E-state index in [9.17, 15) is 18.0 Å². The van der Waals surface area contributed by atoms with Crippen LogP contribution in [0.3, 0.4) is 0 Å². The first-order chi connectivity index (χ1) is 11.9. The van der Waals surface area contributed by atoms with Gasteiger partial charge >= 0.3 is 6.18 Å². The molecule has 1 aromatic carbocycles. The molecule has 3 rings (SSSR count). The number of carbonyl (C=O) groups is 1. The Morgan fingerprint density at radius 2 is 2.00 bits per heavy atom. The number of pyridine rings is 1. The predicted molar refractivity (Wildman–Crippen MR) is 90.3 cm³/mol. The van der Waals surface area contributed by atoms with Crippen molar-refractivity contribution in [2.45, 2.75) is 12.7 Å². The number of aromatic nitrogens is 1. The van der Waals surface area contributed by atoms with E-state index in [0.29, 0.717) is 18.3 Å². The van der Waals surface area contributed by atoms with E-state index in [1.807, 2.05) is 35.2 Å². The largest absolute Gasteiger partial charge is 0.417 e. The topological polar surface area (TPSA) is 45.6 Å². The van der Waals surface area contributed by atoms with Crippen LogP contribution in [0, 0.1) is 0 Å².